The van der Waals surface area contributed by atoms with E-state index in [2.05, 4.69) is 24.4 Å². The lowest BCUT2D eigenvalue weighted by Crippen LogP contribution is -2.14. The molecular weight excluding hydrogens is 204 g/mol. The van der Waals surface area contributed by atoms with Gasteiger partial charge in [-0.15, -0.1) is 11.3 Å². The molecule has 2 nitrogen and oxygen atoms in total. The Morgan fingerprint density at radius 3 is 2.67 bits per heavy atom. The third kappa shape index (κ3) is 5.30. The largest absolute Gasteiger partial charge is 0.330 e. The van der Waals surface area contributed by atoms with Gasteiger partial charge in [-0.3, -0.25) is 0 Å². The summed E-state index contributed by atoms with van der Waals surface area (Å²) in [5.74, 6) is 0. The van der Waals surface area contributed by atoms with Gasteiger partial charge in [-0.05, 0) is 44.5 Å². The van der Waals surface area contributed by atoms with Crippen LogP contribution in [0.4, 0.5) is 0 Å². The van der Waals surface area contributed by atoms with E-state index in [1.807, 2.05) is 11.3 Å². The molecule has 3 N–H and O–H groups in total. The van der Waals surface area contributed by atoms with Crippen molar-refractivity contribution in [2.75, 3.05) is 13.1 Å². The van der Waals surface area contributed by atoms with Crippen LogP contribution in [0.5, 0.6) is 0 Å². The fourth-order valence-corrected chi connectivity index (χ4v) is 2.42. The van der Waals surface area contributed by atoms with Gasteiger partial charge in [-0.25, -0.2) is 0 Å². The lowest BCUT2D eigenvalue weighted by molar-refractivity contribution is 0.609. The zero-order chi connectivity index (χ0) is 10.9. The van der Waals surface area contributed by atoms with E-state index in [-0.39, 0.29) is 0 Å². The molecule has 0 bridgehead atoms. The van der Waals surface area contributed by atoms with Crippen LogP contribution in [0.25, 0.3) is 0 Å². The molecule has 1 rings (SSSR count). The van der Waals surface area contributed by atoms with Crippen LogP contribution in [0.2, 0.25) is 0 Å². The first-order valence-corrected chi connectivity index (χ1v) is 6.66. The van der Waals surface area contributed by atoms with E-state index < -0.39 is 0 Å². The normalized spacial score (nSPS) is 10.8. The SMILES string of the molecule is CCc1ccc(CNCCCCCN)s1. The highest BCUT2D eigenvalue weighted by molar-refractivity contribution is 7.11. The second-order valence-corrected chi connectivity index (χ2v) is 5.00. The van der Waals surface area contributed by atoms with Gasteiger partial charge in [0.25, 0.3) is 0 Å². The molecule has 0 unspecified atom stereocenters. The van der Waals surface area contributed by atoms with Gasteiger partial charge < -0.3 is 11.1 Å². The van der Waals surface area contributed by atoms with Crippen LogP contribution in [-0.4, -0.2) is 13.1 Å². The van der Waals surface area contributed by atoms with Crippen LogP contribution in [0.1, 0.15) is 35.9 Å². The van der Waals surface area contributed by atoms with E-state index in [9.17, 15) is 0 Å². The molecule has 0 aromatic carbocycles. The van der Waals surface area contributed by atoms with Gasteiger partial charge >= 0.3 is 0 Å². The Balaban J connectivity index is 2.04. The fourth-order valence-electron chi connectivity index (χ4n) is 1.49. The minimum atomic E-state index is 0.824. The van der Waals surface area contributed by atoms with E-state index in [4.69, 9.17) is 5.73 Å². The number of thiophene rings is 1. The van der Waals surface area contributed by atoms with Crippen LogP contribution < -0.4 is 11.1 Å². The molecular formula is C12H22N2S. The van der Waals surface area contributed by atoms with E-state index in [1.165, 1.54) is 22.6 Å². The minimum absolute atomic E-state index is 0.824. The first-order valence-electron chi connectivity index (χ1n) is 5.85. The molecule has 1 aromatic heterocycles. The third-order valence-corrected chi connectivity index (χ3v) is 3.65. The Labute approximate surface area is 96.9 Å². The minimum Gasteiger partial charge on any atom is -0.330 e. The van der Waals surface area contributed by atoms with Gasteiger partial charge in [0.1, 0.15) is 0 Å². The smallest absolute Gasteiger partial charge is 0.0299 e. The number of hydrogen-bond donors (Lipinski definition) is 2. The quantitative estimate of drug-likeness (QED) is 0.669. The summed E-state index contributed by atoms with van der Waals surface area (Å²) >= 11 is 1.92. The van der Waals surface area contributed by atoms with Gasteiger partial charge in [-0.1, -0.05) is 13.3 Å². The van der Waals surface area contributed by atoms with Crippen molar-refractivity contribution in [2.24, 2.45) is 5.73 Å². The summed E-state index contributed by atoms with van der Waals surface area (Å²) in [7, 11) is 0. The number of hydrogen-bond acceptors (Lipinski definition) is 3. The van der Waals surface area contributed by atoms with Crippen LogP contribution in [0.15, 0.2) is 12.1 Å². The Morgan fingerprint density at radius 1 is 1.20 bits per heavy atom. The van der Waals surface area contributed by atoms with E-state index >= 15 is 0 Å². The standard InChI is InChI=1S/C12H22N2S/c1-2-11-6-7-12(15-11)10-14-9-5-3-4-8-13/h6-7,14H,2-5,8-10,13H2,1H3. The monoisotopic (exact) mass is 226 g/mol. The number of aryl methyl sites for hydroxylation is 1. The second-order valence-electron chi connectivity index (χ2n) is 3.75. The van der Waals surface area contributed by atoms with Crippen molar-refractivity contribution in [3.63, 3.8) is 0 Å². The summed E-state index contributed by atoms with van der Waals surface area (Å²) in [6.07, 6.45) is 4.79. The molecule has 0 saturated heterocycles. The summed E-state index contributed by atoms with van der Waals surface area (Å²) in [5.41, 5.74) is 5.43. The van der Waals surface area contributed by atoms with Crippen molar-refractivity contribution in [1.29, 1.82) is 0 Å². The number of nitrogens with two attached hydrogens (primary N) is 1. The Hall–Kier alpha value is -0.380. The molecule has 15 heavy (non-hydrogen) atoms. The molecule has 0 fully saturated rings. The first kappa shape index (κ1) is 12.7. The second kappa shape index (κ2) is 7.85. The average molecular weight is 226 g/mol. The third-order valence-electron chi connectivity index (χ3n) is 2.42. The topological polar surface area (TPSA) is 38.0 Å². The molecule has 1 aromatic rings. The average Bonchev–Trinajstić information content (AvgIpc) is 2.71. The molecule has 1 heterocycles. The molecule has 0 radical (unpaired) electrons. The highest BCUT2D eigenvalue weighted by Crippen LogP contribution is 2.16. The van der Waals surface area contributed by atoms with Crippen LogP contribution in [0.3, 0.4) is 0 Å². The van der Waals surface area contributed by atoms with Crippen molar-refractivity contribution < 1.29 is 0 Å². The summed E-state index contributed by atoms with van der Waals surface area (Å²) in [6.45, 7) is 5.16. The zero-order valence-electron chi connectivity index (χ0n) is 9.59. The molecule has 0 aliphatic heterocycles. The Morgan fingerprint density at radius 2 is 2.00 bits per heavy atom. The fraction of sp³-hybridized carbons (Fsp3) is 0.667. The molecule has 0 saturated carbocycles. The number of rotatable bonds is 8. The summed E-state index contributed by atoms with van der Waals surface area (Å²) < 4.78 is 0. The van der Waals surface area contributed by atoms with Gasteiger partial charge in [-0.2, -0.15) is 0 Å². The van der Waals surface area contributed by atoms with Gasteiger partial charge in [0.05, 0.1) is 0 Å². The summed E-state index contributed by atoms with van der Waals surface area (Å²) in [5, 5.41) is 3.47. The maximum Gasteiger partial charge on any atom is 0.0299 e. The van der Waals surface area contributed by atoms with Crippen molar-refractivity contribution in [2.45, 2.75) is 39.2 Å². The Bertz CT molecular complexity index is 258. The van der Waals surface area contributed by atoms with E-state index in [0.717, 1.165) is 32.5 Å². The summed E-state index contributed by atoms with van der Waals surface area (Å²) in [6, 6.07) is 4.46. The lowest BCUT2D eigenvalue weighted by Gasteiger charge is -2.02. The molecule has 0 atom stereocenters. The van der Waals surface area contributed by atoms with Gasteiger partial charge in [0, 0.05) is 16.3 Å². The van der Waals surface area contributed by atoms with Crippen LogP contribution in [-0.2, 0) is 13.0 Å². The molecule has 0 spiro atoms. The zero-order valence-corrected chi connectivity index (χ0v) is 10.4. The predicted molar refractivity (Wildman–Crippen MR) is 68.3 cm³/mol. The number of unbranched alkanes of at least 4 members (excludes halogenated alkanes) is 2. The van der Waals surface area contributed by atoms with E-state index in [1.54, 1.807) is 0 Å². The number of nitrogens with one attached hydrogen (secondary N) is 1. The van der Waals surface area contributed by atoms with Crippen LogP contribution in [0, 0.1) is 0 Å². The van der Waals surface area contributed by atoms with Crippen molar-refractivity contribution in [1.82, 2.24) is 5.32 Å². The molecule has 0 amide bonds. The highest BCUT2D eigenvalue weighted by Gasteiger charge is 1.97. The molecule has 3 heteroatoms. The Kier molecular flexibility index (Phi) is 6.64. The molecule has 0 aliphatic rings. The van der Waals surface area contributed by atoms with Gasteiger partial charge in [0.15, 0.2) is 0 Å². The predicted octanol–water partition coefficient (Wildman–Crippen LogP) is 2.53. The van der Waals surface area contributed by atoms with Crippen molar-refractivity contribution >= 4 is 11.3 Å². The van der Waals surface area contributed by atoms with Gasteiger partial charge in [0.2, 0.25) is 0 Å². The summed E-state index contributed by atoms with van der Waals surface area (Å²) in [4.78, 5) is 2.93. The maximum atomic E-state index is 5.43. The maximum absolute atomic E-state index is 5.43. The molecule has 86 valence electrons. The first-order chi connectivity index (χ1) is 7.36. The van der Waals surface area contributed by atoms with Crippen molar-refractivity contribution in [3.05, 3.63) is 21.9 Å². The highest BCUT2D eigenvalue weighted by atomic mass is 32.1. The van der Waals surface area contributed by atoms with Crippen LogP contribution >= 0.6 is 11.3 Å². The van der Waals surface area contributed by atoms with Crippen molar-refractivity contribution in [3.8, 4) is 0 Å². The lowest BCUT2D eigenvalue weighted by atomic mass is 10.2. The van der Waals surface area contributed by atoms with E-state index in [0.29, 0.717) is 0 Å². The molecule has 0 aliphatic carbocycles.